The molecule has 3 rings (SSSR count). The highest BCUT2D eigenvalue weighted by atomic mass is 79.9. The van der Waals surface area contributed by atoms with Crippen molar-refractivity contribution in [1.29, 1.82) is 0 Å². The minimum absolute atomic E-state index is 0.0774. The van der Waals surface area contributed by atoms with Crippen LogP contribution in [0.5, 0.6) is 0 Å². The number of aryl methyl sites for hydroxylation is 1. The van der Waals surface area contributed by atoms with Crippen molar-refractivity contribution >= 4 is 39.3 Å². The smallest absolute Gasteiger partial charge is 0.234 e. The molecule has 0 aliphatic carbocycles. The summed E-state index contributed by atoms with van der Waals surface area (Å²) < 4.78 is 4.85. The monoisotopic (exact) mass is 419 g/mol. The predicted molar refractivity (Wildman–Crippen MR) is 103 cm³/mol. The average Bonchev–Trinajstić information content (AvgIpc) is 3.25. The zero-order valence-corrected chi connectivity index (χ0v) is 16.1. The molecule has 1 N–H and O–H groups in total. The van der Waals surface area contributed by atoms with Gasteiger partial charge in [-0.1, -0.05) is 34.6 Å². The highest BCUT2D eigenvalue weighted by Crippen LogP contribution is 2.19. The van der Waals surface area contributed by atoms with Crippen molar-refractivity contribution in [2.75, 3.05) is 11.1 Å². The van der Waals surface area contributed by atoms with Gasteiger partial charge in [-0.3, -0.25) is 9.47 Å². The molecule has 0 aliphatic rings. The third kappa shape index (κ3) is 4.52. The van der Waals surface area contributed by atoms with E-state index in [9.17, 15) is 4.79 Å². The van der Waals surface area contributed by atoms with E-state index in [4.69, 9.17) is 0 Å². The van der Waals surface area contributed by atoms with E-state index in [1.807, 2.05) is 58.1 Å². The molecule has 2 heterocycles. The molecule has 0 atom stereocenters. The van der Waals surface area contributed by atoms with Crippen LogP contribution in [0.25, 0.3) is 0 Å². The number of carbonyl (C=O) groups excluding carboxylic acids is 1. The molecule has 2 aromatic heterocycles. The maximum Gasteiger partial charge on any atom is 0.234 e. The molecule has 0 aliphatic heterocycles. The molecule has 25 heavy (non-hydrogen) atoms. The lowest BCUT2D eigenvalue weighted by atomic mass is 10.3. The number of nitrogens with one attached hydrogen (secondary N) is 1. The largest absolute Gasteiger partial charge is 0.325 e. The molecule has 6 nitrogen and oxygen atoms in total. The highest BCUT2D eigenvalue weighted by Gasteiger charge is 2.15. The Bertz CT molecular complexity index is 829. The van der Waals surface area contributed by atoms with Crippen LogP contribution >= 0.6 is 27.7 Å². The lowest BCUT2D eigenvalue weighted by Gasteiger charge is -2.10. The van der Waals surface area contributed by atoms with Crippen molar-refractivity contribution in [1.82, 2.24) is 19.5 Å². The fraction of sp³-hybridized carbons (Fsp3) is 0.235. The first-order valence-corrected chi connectivity index (χ1v) is 9.71. The number of aromatic nitrogens is 4. The molecule has 3 aromatic rings. The van der Waals surface area contributed by atoms with Crippen molar-refractivity contribution in [3.05, 3.63) is 59.1 Å². The van der Waals surface area contributed by atoms with Crippen molar-refractivity contribution < 1.29 is 4.79 Å². The molecule has 0 bridgehead atoms. The summed E-state index contributed by atoms with van der Waals surface area (Å²) in [7, 11) is 0. The topological polar surface area (TPSA) is 64.7 Å². The first-order chi connectivity index (χ1) is 12.2. The Morgan fingerprint density at radius 3 is 2.60 bits per heavy atom. The zero-order chi connectivity index (χ0) is 17.6. The van der Waals surface area contributed by atoms with Crippen LogP contribution < -0.4 is 5.32 Å². The lowest BCUT2D eigenvalue weighted by molar-refractivity contribution is -0.113. The summed E-state index contributed by atoms with van der Waals surface area (Å²) in [5, 5.41) is 12.1. The number of nitrogens with zero attached hydrogens (tertiary/aromatic N) is 4. The van der Waals surface area contributed by atoms with Crippen LogP contribution in [0.3, 0.4) is 0 Å². The molecule has 0 radical (unpaired) electrons. The number of hydrogen-bond acceptors (Lipinski definition) is 4. The Hall–Kier alpha value is -2.06. The third-order valence-electron chi connectivity index (χ3n) is 3.43. The maximum atomic E-state index is 12.2. The van der Waals surface area contributed by atoms with Crippen LogP contribution in [0.1, 0.15) is 19.2 Å². The van der Waals surface area contributed by atoms with Gasteiger partial charge in [0.2, 0.25) is 11.1 Å². The molecular weight excluding hydrogens is 402 g/mol. The van der Waals surface area contributed by atoms with E-state index in [2.05, 4.69) is 38.4 Å². The van der Waals surface area contributed by atoms with E-state index in [1.165, 1.54) is 11.8 Å². The van der Waals surface area contributed by atoms with E-state index >= 15 is 0 Å². The Morgan fingerprint density at radius 1 is 1.20 bits per heavy atom. The second-order valence-electron chi connectivity index (χ2n) is 5.37. The SMILES string of the molecule is CCCc1nnc(SCC(=O)Nc2ccc(Br)cc2)n1-n1cccc1. The molecule has 1 aromatic carbocycles. The minimum atomic E-state index is -0.0774. The van der Waals surface area contributed by atoms with Gasteiger partial charge in [-0.25, -0.2) is 4.68 Å². The second-order valence-corrected chi connectivity index (χ2v) is 7.23. The number of amides is 1. The Kier molecular flexibility index (Phi) is 5.93. The van der Waals surface area contributed by atoms with Gasteiger partial charge in [0.1, 0.15) is 0 Å². The quantitative estimate of drug-likeness (QED) is 0.590. The highest BCUT2D eigenvalue weighted by molar-refractivity contribution is 9.10. The van der Waals surface area contributed by atoms with Gasteiger partial charge >= 0.3 is 0 Å². The first kappa shape index (κ1) is 17.8. The predicted octanol–water partition coefficient (Wildman–Crippen LogP) is 3.84. The molecule has 0 saturated heterocycles. The average molecular weight is 420 g/mol. The maximum absolute atomic E-state index is 12.2. The van der Waals surface area contributed by atoms with Crippen LogP contribution in [-0.2, 0) is 11.2 Å². The normalized spacial score (nSPS) is 10.8. The van der Waals surface area contributed by atoms with Gasteiger partial charge in [0, 0.05) is 29.0 Å². The van der Waals surface area contributed by atoms with Gasteiger partial charge in [0.15, 0.2) is 5.82 Å². The summed E-state index contributed by atoms with van der Waals surface area (Å²) in [6, 6.07) is 11.4. The summed E-state index contributed by atoms with van der Waals surface area (Å²) in [6.45, 7) is 2.10. The van der Waals surface area contributed by atoms with E-state index in [1.54, 1.807) is 0 Å². The molecule has 0 unspecified atom stereocenters. The number of anilines is 1. The van der Waals surface area contributed by atoms with Gasteiger partial charge < -0.3 is 5.32 Å². The lowest BCUT2D eigenvalue weighted by Crippen LogP contribution is -2.16. The third-order valence-corrected chi connectivity index (χ3v) is 4.88. The summed E-state index contributed by atoms with van der Waals surface area (Å²) in [4.78, 5) is 12.2. The molecular formula is C17H18BrN5OS. The van der Waals surface area contributed by atoms with Crippen LogP contribution in [0.2, 0.25) is 0 Å². The van der Waals surface area contributed by atoms with Crippen LogP contribution in [0.15, 0.2) is 58.4 Å². The molecule has 8 heteroatoms. The Balaban J connectivity index is 1.68. The van der Waals surface area contributed by atoms with Crippen molar-refractivity contribution in [2.45, 2.75) is 24.9 Å². The first-order valence-electron chi connectivity index (χ1n) is 7.93. The number of benzene rings is 1. The number of thioether (sulfide) groups is 1. The zero-order valence-electron chi connectivity index (χ0n) is 13.7. The minimum Gasteiger partial charge on any atom is -0.325 e. The molecule has 0 spiro atoms. The van der Waals surface area contributed by atoms with Gasteiger partial charge in [0.05, 0.1) is 5.75 Å². The molecule has 0 fully saturated rings. The van der Waals surface area contributed by atoms with E-state index in [0.29, 0.717) is 5.16 Å². The molecule has 1 amide bonds. The molecule has 130 valence electrons. The van der Waals surface area contributed by atoms with Crippen molar-refractivity contribution in [3.8, 4) is 0 Å². The van der Waals surface area contributed by atoms with Crippen molar-refractivity contribution in [3.63, 3.8) is 0 Å². The molecule has 0 saturated carbocycles. The second kappa shape index (κ2) is 8.35. The van der Waals surface area contributed by atoms with Gasteiger partial charge in [-0.2, -0.15) is 0 Å². The number of halogens is 1. The van der Waals surface area contributed by atoms with E-state index in [0.717, 1.165) is 28.8 Å². The number of carbonyl (C=O) groups is 1. The Morgan fingerprint density at radius 2 is 1.92 bits per heavy atom. The standard InChI is InChI=1S/C17H18BrN5OS/c1-2-5-15-20-21-17(23(15)22-10-3-4-11-22)25-12-16(24)19-14-8-6-13(18)7-9-14/h3-4,6-11H,2,5,12H2,1H3,(H,19,24). The van der Waals surface area contributed by atoms with Crippen LogP contribution in [0.4, 0.5) is 5.69 Å². The van der Waals surface area contributed by atoms with Crippen LogP contribution in [0, 0.1) is 0 Å². The van der Waals surface area contributed by atoms with E-state index < -0.39 is 0 Å². The summed E-state index contributed by atoms with van der Waals surface area (Å²) in [5.41, 5.74) is 0.771. The van der Waals surface area contributed by atoms with Crippen molar-refractivity contribution in [2.24, 2.45) is 0 Å². The number of hydrogen-bond donors (Lipinski definition) is 1. The van der Waals surface area contributed by atoms with Gasteiger partial charge in [-0.15, -0.1) is 10.2 Å². The summed E-state index contributed by atoms with van der Waals surface area (Å²) >= 11 is 4.75. The van der Waals surface area contributed by atoms with Gasteiger partial charge in [-0.05, 0) is 42.8 Å². The summed E-state index contributed by atoms with van der Waals surface area (Å²) in [6.07, 6.45) is 5.69. The summed E-state index contributed by atoms with van der Waals surface area (Å²) in [5.74, 6) is 1.07. The fourth-order valence-corrected chi connectivity index (χ4v) is 3.33. The fourth-order valence-electron chi connectivity index (χ4n) is 2.32. The van der Waals surface area contributed by atoms with E-state index in [-0.39, 0.29) is 11.7 Å². The number of rotatable bonds is 7. The Labute approximate surface area is 158 Å². The van der Waals surface area contributed by atoms with Crippen LogP contribution in [-0.4, -0.2) is 31.2 Å². The van der Waals surface area contributed by atoms with Gasteiger partial charge in [0.25, 0.3) is 0 Å².